The maximum absolute atomic E-state index is 12.9. The van der Waals surface area contributed by atoms with Gasteiger partial charge in [-0.1, -0.05) is 19.4 Å². The highest BCUT2D eigenvalue weighted by molar-refractivity contribution is 5.93. The average Bonchev–Trinajstić information content (AvgIpc) is 3.33. The molecule has 0 aliphatic carbocycles. The third kappa shape index (κ3) is 3.48. The molecule has 0 spiro atoms. The number of carbonyl (C=O) groups excluding carboxylic acids is 1. The average molecular weight is 365 g/mol. The Kier molecular flexibility index (Phi) is 4.97. The van der Waals surface area contributed by atoms with Crippen LogP contribution in [-0.2, 0) is 6.54 Å². The van der Waals surface area contributed by atoms with Gasteiger partial charge in [0.2, 0.25) is 0 Å². The number of nitrogens with zero attached hydrogens (tertiary/aromatic N) is 5. The zero-order valence-corrected chi connectivity index (χ0v) is 16.1. The van der Waals surface area contributed by atoms with Crippen molar-refractivity contribution in [2.45, 2.75) is 52.0 Å². The maximum atomic E-state index is 12.9. The Morgan fingerprint density at radius 2 is 2.07 bits per heavy atom. The minimum atomic E-state index is 0.0332. The van der Waals surface area contributed by atoms with E-state index in [2.05, 4.69) is 27.7 Å². The van der Waals surface area contributed by atoms with Gasteiger partial charge in [0.15, 0.2) is 0 Å². The van der Waals surface area contributed by atoms with Gasteiger partial charge < -0.3 is 13.9 Å². The molecule has 0 aromatic carbocycles. The second-order valence-corrected chi connectivity index (χ2v) is 7.42. The normalized spacial score (nSPS) is 15.6. The molecular weight excluding hydrogens is 338 g/mol. The highest BCUT2D eigenvalue weighted by Crippen LogP contribution is 2.28. The quantitative estimate of drug-likeness (QED) is 0.693. The Bertz CT molecular complexity index is 933. The number of carbonyl (C=O) groups is 1. The molecule has 1 saturated heterocycles. The van der Waals surface area contributed by atoms with Crippen LogP contribution in [0.3, 0.4) is 0 Å². The molecule has 0 unspecified atom stereocenters. The second kappa shape index (κ2) is 7.55. The van der Waals surface area contributed by atoms with E-state index in [4.69, 9.17) is 0 Å². The molecule has 3 aromatic heterocycles. The maximum Gasteiger partial charge on any atom is 0.274 e. The highest BCUT2D eigenvalue weighted by atomic mass is 16.2. The van der Waals surface area contributed by atoms with Gasteiger partial charge in [-0.2, -0.15) is 0 Å². The lowest BCUT2D eigenvalue weighted by atomic mass is 9.95. The topological polar surface area (TPSA) is 55.4 Å². The molecular formula is C21H27N5O. The number of unbranched alkanes of at least 4 members (excludes halogenated alkanes) is 1. The van der Waals surface area contributed by atoms with Gasteiger partial charge in [-0.05, 0) is 38.3 Å². The lowest BCUT2D eigenvalue weighted by Gasteiger charge is -2.31. The summed E-state index contributed by atoms with van der Waals surface area (Å²) < 4.78 is 4.26. The number of pyridine rings is 1. The van der Waals surface area contributed by atoms with Crippen LogP contribution < -0.4 is 0 Å². The number of fused-ring (bicyclic) bond motifs is 1. The van der Waals surface area contributed by atoms with Crippen LogP contribution in [-0.4, -0.2) is 42.8 Å². The van der Waals surface area contributed by atoms with E-state index in [0.29, 0.717) is 11.6 Å². The van der Waals surface area contributed by atoms with E-state index in [0.717, 1.165) is 43.8 Å². The van der Waals surface area contributed by atoms with Crippen LogP contribution in [0.15, 0.2) is 36.8 Å². The Labute approximate surface area is 159 Å². The molecule has 1 fully saturated rings. The molecule has 6 heteroatoms. The molecule has 142 valence electrons. The predicted molar refractivity (Wildman–Crippen MR) is 105 cm³/mol. The van der Waals surface area contributed by atoms with E-state index >= 15 is 0 Å². The van der Waals surface area contributed by atoms with Gasteiger partial charge in [0, 0.05) is 49.8 Å². The van der Waals surface area contributed by atoms with Crippen LogP contribution in [0.4, 0.5) is 0 Å². The number of hydrogen-bond acceptors (Lipinski definition) is 3. The molecule has 1 amide bonds. The van der Waals surface area contributed by atoms with Gasteiger partial charge in [0.25, 0.3) is 5.91 Å². The van der Waals surface area contributed by atoms with Crippen LogP contribution in [0.1, 0.15) is 60.5 Å². The van der Waals surface area contributed by atoms with Crippen molar-refractivity contribution in [2.75, 3.05) is 13.1 Å². The van der Waals surface area contributed by atoms with E-state index in [1.807, 2.05) is 46.8 Å². The van der Waals surface area contributed by atoms with Gasteiger partial charge >= 0.3 is 0 Å². The van der Waals surface area contributed by atoms with Gasteiger partial charge in [0.05, 0.1) is 0 Å². The van der Waals surface area contributed by atoms with Crippen molar-refractivity contribution in [3.05, 3.63) is 54.0 Å². The zero-order chi connectivity index (χ0) is 18.8. The van der Waals surface area contributed by atoms with Crippen molar-refractivity contribution < 1.29 is 4.79 Å². The van der Waals surface area contributed by atoms with Crippen molar-refractivity contribution in [3.8, 4) is 0 Å². The Hall–Kier alpha value is -2.63. The van der Waals surface area contributed by atoms with Gasteiger partial charge in [-0.25, -0.2) is 9.97 Å². The number of likely N-dealkylation sites (tertiary alicyclic amines) is 1. The molecule has 1 aliphatic rings. The first kappa shape index (κ1) is 17.8. The van der Waals surface area contributed by atoms with E-state index in [1.54, 1.807) is 0 Å². The number of amides is 1. The molecule has 3 aromatic rings. The molecule has 0 atom stereocenters. The van der Waals surface area contributed by atoms with Gasteiger partial charge in [0.1, 0.15) is 17.2 Å². The van der Waals surface area contributed by atoms with E-state index < -0.39 is 0 Å². The lowest BCUT2D eigenvalue weighted by Crippen LogP contribution is -2.38. The fourth-order valence-corrected chi connectivity index (χ4v) is 3.95. The molecule has 27 heavy (non-hydrogen) atoms. The van der Waals surface area contributed by atoms with Crippen molar-refractivity contribution in [3.63, 3.8) is 0 Å². The number of aryl methyl sites for hydroxylation is 2. The Morgan fingerprint density at radius 1 is 1.26 bits per heavy atom. The fraction of sp³-hybridized carbons (Fsp3) is 0.476. The second-order valence-electron chi connectivity index (χ2n) is 7.42. The van der Waals surface area contributed by atoms with Crippen LogP contribution in [0, 0.1) is 6.92 Å². The van der Waals surface area contributed by atoms with Crippen LogP contribution in [0.25, 0.3) is 5.65 Å². The van der Waals surface area contributed by atoms with E-state index in [-0.39, 0.29) is 5.91 Å². The number of aromatic nitrogens is 4. The summed E-state index contributed by atoms with van der Waals surface area (Å²) in [6.07, 6.45) is 10.1. The molecule has 4 rings (SSSR count). The first-order valence-electron chi connectivity index (χ1n) is 9.92. The summed E-state index contributed by atoms with van der Waals surface area (Å²) in [5.74, 6) is 1.65. The summed E-state index contributed by atoms with van der Waals surface area (Å²) in [6.45, 7) is 6.79. The summed E-state index contributed by atoms with van der Waals surface area (Å²) >= 11 is 0. The summed E-state index contributed by atoms with van der Waals surface area (Å²) in [4.78, 5) is 24.0. The van der Waals surface area contributed by atoms with E-state index in [9.17, 15) is 4.79 Å². The molecule has 0 radical (unpaired) electrons. The Balaban J connectivity index is 1.43. The van der Waals surface area contributed by atoms with Crippen molar-refractivity contribution in [2.24, 2.45) is 0 Å². The molecule has 6 nitrogen and oxygen atoms in total. The third-order valence-corrected chi connectivity index (χ3v) is 5.56. The third-order valence-electron chi connectivity index (χ3n) is 5.56. The number of hydrogen-bond donors (Lipinski definition) is 0. The standard InChI is InChI=1S/C21H27N5O/c1-3-4-11-24-14-10-22-20(24)17-8-12-25(13-9-17)21(27)18-15-26-16(2)6-5-7-19(26)23-18/h5-7,10,14-15,17H,3-4,8-9,11-13H2,1-2H3. The minimum Gasteiger partial charge on any atom is -0.337 e. The fourth-order valence-electron chi connectivity index (χ4n) is 3.95. The highest BCUT2D eigenvalue weighted by Gasteiger charge is 2.28. The van der Waals surface area contributed by atoms with Crippen LogP contribution in [0.5, 0.6) is 0 Å². The summed E-state index contributed by atoms with van der Waals surface area (Å²) in [6, 6.07) is 5.93. The monoisotopic (exact) mass is 365 g/mol. The first-order valence-corrected chi connectivity index (χ1v) is 9.92. The van der Waals surface area contributed by atoms with Crippen molar-refractivity contribution in [1.29, 1.82) is 0 Å². The molecule has 0 bridgehead atoms. The molecule has 0 N–H and O–H groups in total. The first-order chi connectivity index (χ1) is 13.2. The van der Waals surface area contributed by atoms with Crippen LogP contribution in [0.2, 0.25) is 0 Å². The van der Waals surface area contributed by atoms with Crippen molar-refractivity contribution in [1.82, 2.24) is 23.8 Å². The Morgan fingerprint density at radius 3 is 2.81 bits per heavy atom. The smallest absolute Gasteiger partial charge is 0.274 e. The van der Waals surface area contributed by atoms with Crippen LogP contribution >= 0.6 is 0 Å². The number of imidazole rings is 2. The summed E-state index contributed by atoms with van der Waals surface area (Å²) in [7, 11) is 0. The number of rotatable bonds is 5. The largest absolute Gasteiger partial charge is 0.337 e. The number of piperidine rings is 1. The molecule has 1 aliphatic heterocycles. The van der Waals surface area contributed by atoms with Crippen molar-refractivity contribution >= 4 is 11.6 Å². The zero-order valence-electron chi connectivity index (χ0n) is 16.1. The van der Waals surface area contributed by atoms with Gasteiger partial charge in [-0.15, -0.1) is 0 Å². The summed E-state index contributed by atoms with van der Waals surface area (Å²) in [5, 5.41) is 0. The molecule has 4 heterocycles. The lowest BCUT2D eigenvalue weighted by molar-refractivity contribution is 0.0705. The minimum absolute atomic E-state index is 0.0332. The van der Waals surface area contributed by atoms with Gasteiger partial charge in [-0.3, -0.25) is 4.79 Å². The SMILES string of the molecule is CCCCn1ccnc1C1CCN(C(=O)c2cn3c(C)cccc3n2)CC1. The predicted octanol–water partition coefficient (Wildman–Crippen LogP) is 3.66. The molecule has 0 saturated carbocycles. The summed E-state index contributed by atoms with van der Waals surface area (Å²) in [5.41, 5.74) is 2.44. The van der Waals surface area contributed by atoms with E-state index in [1.165, 1.54) is 18.7 Å².